The number of aromatic carboxylic acids is 1. The van der Waals surface area contributed by atoms with Crippen molar-refractivity contribution >= 4 is 34.2 Å². The molecule has 1 heterocycles. The van der Waals surface area contributed by atoms with E-state index in [1.807, 2.05) is 32.0 Å². The van der Waals surface area contributed by atoms with Gasteiger partial charge in [0.1, 0.15) is 18.1 Å². The molecule has 0 aliphatic rings. The van der Waals surface area contributed by atoms with Crippen LogP contribution in [0.15, 0.2) is 70.0 Å². The highest BCUT2D eigenvalue weighted by molar-refractivity contribution is 7.86. The summed E-state index contributed by atoms with van der Waals surface area (Å²) in [5, 5.41) is 9.44. The van der Waals surface area contributed by atoms with Gasteiger partial charge < -0.3 is 14.3 Å². The number of nitrogens with zero attached hydrogens (tertiary/aromatic N) is 1. The van der Waals surface area contributed by atoms with Crippen LogP contribution in [0.3, 0.4) is 0 Å². The molecule has 2 aromatic carbocycles. The first-order valence-electron chi connectivity index (χ1n) is 8.87. The summed E-state index contributed by atoms with van der Waals surface area (Å²) >= 11 is 6.15. The van der Waals surface area contributed by atoms with Gasteiger partial charge >= 0.3 is 5.97 Å². The maximum absolute atomic E-state index is 13.2. The van der Waals surface area contributed by atoms with Crippen molar-refractivity contribution < 1.29 is 23.3 Å². The number of anilines is 1. The van der Waals surface area contributed by atoms with E-state index in [1.165, 1.54) is 12.1 Å². The number of hydrogen-bond donors (Lipinski definition) is 1. The lowest BCUT2D eigenvalue weighted by molar-refractivity contribution is 0.0658. The Balaban J connectivity index is 1.91. The number of furan rings is 1. The Morgan fingerprint density at radius 2 is 1.90 bits per heavy atom. The van der Waals surface area contributed by atoms with Gasteiger partial charge in [0, 0.05) is 17.1 Å². The predicted molar refractivity (Wildman–Crippen MR) is 112 cm³/mol. The zero-order valence-electron chi connectivity index (χ0n) is 15.9. The van der Waals surface area contributed by atoms with E-state index in [2.05, 4.69) is 0 Å². The maximum Gasteiger partial charge on any atom is 0.371 e. The van der Waals surface area contributed by atoms with E-state index < -0.39 is 17.0 Å². The fraction of sp³-hybridized carbons (Fsp3) is 0.190. The molecular weight excluding hydrogens is 414 g/mol. The molecule has 0 amide bonds. The zero-order chi connectivity index (χ0) is 21.0. The summed E-state index contributed by atoms with van der Waals surface area (Å²) in [5.41, 5.74) is 0.608. The molecule has 3 aromatic rings. The highest BCUT2D eigenvalue weighted by Gasteiger charge is 2.23. The second kappa shape index (κ2) is 9.15. The lowest BCUT2D eigenvalue weighted by atomic mass is 10.2. The normalized spacial score (nSPS) is 12.0. The number of benzene rings is 2. The molecule has 0 aliphatic heterocycles. The van der Waals surface area contributed by atoms with Crippen LogP contribution in [0.2, 0.25) is 5.02 Å². The van der Waals surface area contributed by atoms with Crippen LogP contribution < -0.4 is 9.04 Å². The Labute approximate surface area is 176 Å². The summed E-state index contributed by atoms with van der Waals surface area (Å²) in [7, 11) is -1.46. The van der Waals surface area contributed by atoms with Crippen molar-refractivity contribution in [1.29, 1.82) is 0 Å². The number of carbonyl (C=O) groups is 1. The van der Waals surface area contributed by atoms with Crippen LogP contribution in [0.5, 0.6) is 5.75 Å². The topological polar surface area (TPSA) is 80.0 Å². The Morgan fingerprint density at radius 1 is 1.17 bits per heavy atom. The van der Waals surface area contributed by atoms with Gasteiger partial charge in [0.25, 0.3) is 0 Å². The Bertz CT molecular complexity index is 1020. The summed E-state index contributed by atoms with van der Waals surface area (Å²) in [6.07, 6.45) is 0. The molecule has 1 N–H and O–H groups in total. The molecule has 1 atom stereocenters. The minimum Gasteiger partial charge on any atom is -0.483 e. The third-order valence-corrected chi connectivity index (χ3v) is 5.88. The predicted octanol–water partition coefficient (Wildman–Crippen LogP) is 5.15. The van der Waals surface area contributed by atoms with Crippen molar-refractivity contribution in [3.8, 4) is 5.75 Å². The molecule has 1 unspecified atom stereocenters. The van der Waals surface area contributed by atoms with Crippen molar-refractivity contribution in [2.24, 2.45) is 0 Å². The van der Waals surface area contributed by atoms with Gasteiger partial charge in [0.2, 0.25) is 5.76 Å². The molecule has 152 valence electrons. The van der Waals surface area contributed by atoms with Crippen molar-refractivity contribution in [2.45, 2.75) is 31.4 Å². The minimum absolute atomic E-state index is 0.00449. The average molecular weight is 434 g/mol. The highest BCUT2D eigenvalue weighted by Crippen LogP contribution is 2.35. The Kier molecular flexibility index (Phi) is 6.61. The molecule has 0 spiro atoms. The number of carboxylic acid groups (broad SMARTS) is 1. The molecule has 0 saturated carbocycles. The van der Waals surface area contributed by atoms with E-state index in [0.29, 0.717) is 27.1 Å². The smallest absolute Gasteiger partial charge is 0.371 e. The van der Waals surface area contributed by atoms with Gasteiger partial charge in [-0.3, -0.25) is 4.31 Å². The third-order valence-electron chi connectivity index (χ3n) is 3.99. The van der Waals surface area contributed by atoms with E-state index in [1.54, 1.807) is 34.6 Å². The number of rotatable bonds is 8. The third kappa shape index (κ3) is 4.99. The van der Waals surface area contributed by atoms with Crippen molar-refractivity contribution in [3.63, 3.8) is 0 Å². The van der Waals surface area contributed by atoms with E-state index in [4.69, 9.17) is 25.9 Å². The quantitative estimate of drug-likeness (QED) is 0.531. The summed E-state index contributed by atoms with van der Waals surface area (Å²) in [5.74, 6) is -0.537. The standard InChI is InChI=1S/C21H20ClNO5S/c1-14(2)23(29(26)17-6-4-3-5-7-17)18-10-8-15(22)12-20(18)27-13-16-9-11-19(28-16)21(24)25/h3-12,14H,13H2,1-2H3,(H,24,25). The van der Waals surface area contributed by atoms with Gasteiger partial charge in [-0.15, -0.1) is 0 Å². The van der Waals surface area contributed by atoms with Crippen molar-refractivity contribution in [3.05, 3.63) is 77.2 Å². The first-order valence-corrected chi connectivity index (χ1v) is 10.4. The van der Waals surface area contributed by atoms with Crippen molar-refractivity contribution in [2.75, 3.05) is 4.31 Å². The van der Waals surface area contributed by atoms with Crippen LogP contribution in [0.1, 0.15) is 30.2 Å². The molecular formula is C21H20ClNO5S. The number of hydrogen-bond acceptors (Lipinski definition) is 4. The van der Waals surface area contributed by atoms with E-state index >= 15 is 0 Å². The summed E-state index contributed by atoms with van der Waals surface area (Å²) in [6, 6.07) is 17.0. The molecule has 0 fully saturated rings. The Hall–Kier alpha value is -2.77. The highest BCUT2D eigenvalue weighted by atomic mass is 35.5. The lowest BCUT2D eigenvalue weighted by Gasteiger charge is -2.29. The van der Waals surface area contributed by atoms with Crippen LogP contribution in [0.4, 0.5) is 5.69 Å². The molecule has 8 heteroatoms. The molecule has 0 radical (unpaired) electrons. The first-order chi connectivity index (χ1) is 13.9. The summed E-state index contributed by atoms with van der Waals surface area (Å²) in [4.78, 5) is 11.6. The molecule has 1 aromatic heterocycles. The fourth-order valence-corrected chi connectivity index (χ4v) is 4.21. The second-order valence-electron chi connectivity index (χ2n) is 6.45. The monoisotopic (exact) mass is 433 g/mol. The summed E-state index contributed by atoms with van der Waals surface area (Å²) in [6.45, 7) is 3.88. The lowest BCUT2D eigenvalue weighted by Crippen LogP contribution is -2.33. The van der Waals surface area contributed by atoms with Gasteiger partial charge in [-0.05, 0) is 50.2 Å². The molecule has 6 nitrogen and oxygen atoms in total. The van der Waals surface area contributed by atoms with E-state index in [0.717, 1.165) is 0 Å². The van der Waals surface area contributed by atoms with Gasteiger partial charge in [0.05, 0.1) is 10.6 Å². The Morgan fingerprint density at radius 3 is 2.52 bits per heavy atom. The SMILES string of the molecule is CC(C)N(c1ccc(Cl)cc1OCc1ccc(C(=O)O)o1)S(=O)c1ccccc1. The average Bonchev–Trinajstić information content (AvgIpc) is 3.18. The second-order valence-corrected chi connectivity index (χ2v) is 8.25. The molecule has 29 heavy (non-hydrogen) atoms. The van der Waals surface area contributed by atoms with Gasteiger partial charge in [0.15, 0.2) is 11.0 Å². The van der Waals surface area contributed by atoms with E-state index in [-0.39, 0.29) is 18.4 Å². The van der Waals surface area contributed by atoms with Crippen LogP contribution >= 0.6 is 11.6 Å². The molecule has 0 aliphatic carbocycles. The first kappa shape index (κ1) is 21.0. The van der Waals surface area contributed by atoms with Gasteiger partial charge in [-0.2, -0.15) is 0 Å². The minimum atomic E-state index is -1.46. The van der Waals surface area contributed by atoms with Crippen LogP contribution in [-0.4, -0.2) is 21.3 Å². The van der Waals surface area contributed by atoms with E-state index in [9.17, 15) is 9.00 Å². The van der Waals surface area contributed by atoms with Gasteiger partial charge in [-0.1, -0.05) is 29.8 Å². The van der Waals surface area contributed by atoms with Crippen molar-refractivity contribution in [1.82, 2.24) is 0 Å². The molecule has 0 bridgehead atoms. The van der Waals surface area contributed by atoms with Crippen LogP contribution in [0.25, 0.3) is 0 Å². The summed E-state index contributed by atoms with van der Waals surface area (Å²) < 4.78 is 26.1. The number of carboxylic acids is 1. The fourth-order valence-electron chi connectivity index (χ4n) is 2.71. The molecule has 3 rings (SSSR count). The maximum atomic E-state index is 13.2. The number of halogens is 1. The largest absolute Gasteiger partial charge is 0.483 e. The van der Waals surface area contributed by atoms with Crippen LogP contribution in [0, 0.1) is 0 Å². The van der Waals surface area contributed by atoms with Gasteiger partial charge in [-0.25, -0.2) is 9.00 Å². The number of ether oxygens (including phenoxy) is 1. The van der Waals surface area contributed by atoms with Crippen LogP contribution in [-0.2, 0) is 17.6 Å². The molecule has 0 saturated heterocycles. The zero-order valence-corrected chi connectivity index (χ0v) is 17.4.